The van der Waals surface area contributed by atoms with Crippen LogP contribution in [-0.2, 0) is 0 Å². The van der Waals surface area contributed by atoms with E-state index in [9.17, 15) is 9.90 Å². The Hall–Kier alpha value is -3.25. The zero-order valence-corrected chi connectivity index (χ0v) is 20.9. The number of ketones is 1. The van der Waals surface area contributed by atoms with Gasteiger partial charge in [-0.25, -0.2) is 0 Å². The molecule has 0 bridgehead atoms. The van der Waals surface area contributed by atoms with E-state index >= 15 is 0 Å². The van der Waals surface area contributed by atoms with Gasteiger partial charge >= 0.3 is 0 Å². The Morgan fingerprint density at radius 3 is 2.71 bits per heavy atom. The van der Waals surface area contributed by atoms with Crippen LogP contribution in [0.2, 0.25) is 0 Å². The molecule has 2 aromatic carbocycles. The van der Waals surface area contributed by atoms with Crippen LogP contribution in [0.15, 0.2) is 42.5 Å². The smallest absolute Gasteiger partial charge is 0.189 e. The summed E-state index contributed by atoms with van der Waals surface area (Å²) in [6, 6.07) is 8.91. The number of hydrogen-bond acceptors (Lipinski definition) is 6. The third-order valence-electron chi connectivity index (χ3n) is 6.41. The quantitative estimate of drug-likeness (QED) is 0.282. The Labute approximate surface area is 207 Å². The first-order valence-corrected chi connectivity index (χ1v) is 12.4. The van der Waals surface area contributed by atoms with Crippen molar-refractivity contribution >= 4 is 17.9 Å². The van der Waals surface area contributed by atoms with Gasteiger partial charge in [-0.2, -0.15) is 0 Å². The van der Waals surface area contributed by atoms with Crippen LogP contribution in [0, 0.1) is 0 Å². The van der Waals surface area contributed by atoms with Crippen LogP contribution in [0.5, 0.6) is 23.0 Å². The molecular weight excluding hydrogens is 442 g/mol. The van der Waals surface area contributed by atoms with Crippen molar-refractivity contribution in [3.8, 4) is 23.0 Å². The van der Waals surface area contributed by atoms with Crippen molar-refractivity contribution in [3.63, 3.8) is 0 Å². The normalized spacial score (nSPS) is 17.1. The van der Waals surface area contributed by atoms with Gasteiger partial charge in [0.1, 0.15) is 17.1 Å². The molecule has 2 heterocycles. The monoisotopic (exact) mass is 477 g/mol. The second-order valence-electron chi connectivity index (χ2n) is 9.62. The molecule has 1 saturated heterocycles. The summed E-state index contributed by atoms with van der Waals surface area (Å²) in [5.74, 6) is 1.51. The molecule has 0 aromatic heterocycles. The molecule has 35 heavy (non-hydrogen) atoms. The number of carbonyl (C=O) groups excluding carboxylic acids is 1. The van der Waals surface area contributed by atoms with Gasteiger partial charge in [0.15, 0.2) is 17.3 Å². The Balaban J connectivity index is 1.37. The summed E-state index contributed by atoms with van der Waals surface area (Å²) in [6.07, 6.45) is 11.7. The molecule has 6 nitrogen and oxygen atoms in total. The summed E-state index contributed by atoms with van der Waals surface area (Å²) in [5.41, 5.74) is 1.10. The minimum absolute atomic E-state index is 0.0743. The van der Waals surface area contributed by atoms with Gasteiger partial charge in [0.2, 0.25) is 0 Å². The molecule has 2 aliphatic heterocycles. The number of ether oxygens (including phenoxy) is 3. The molecule has 4 rings (SSSR count). The predicted octanol–water partition coefficient (Wildman–Crippen LogP) is 5.74. The molecule has 186 valence electrons. The second-order valence-corrected chi connectivity index (χ2v) is 9.62. The summed E-state index contributed by atoms with van der Waals surface area (Å²) in [4.78, 5) is 15.3. The van der Waals surface area contributed by atoms with Gasteiger partial charge in [-0.3, -0.25) is 4.79 Å². The molecule has 0 spiro atoms. The number of nitrogens with zero attached hydrogens (tertiary/aromatic N) is 1. The topological polar surface area (TPSA) is 68.2 Å². The van der Waals surface area contributed by atoms with E-state index in [1.54, 1.807) is 31.4 Å². The lowest BCUT2D eigenvalue weighted by molar-refractivity contribution is 0.104. The van der Waals surface area contributed by atoms with Crippen LogP contribution in [0.1, 0.15) is 61.0 Å². The fourth-order valence-electron chi connectivity index (χ4n) is 4.46. The lowest BCUT2D eigenvalue weighted by Gasteiger charge is -2.28. The number of likely N-dealkylation sites (tertiary alicyclic amines) is 1. The SMILES string of the molecule is COc1cc(/C=C/C(=O)c2ccc3c(c2O)C=CC(C)(C)O3)ccc1OCCCN1CCCCC1. The summed E-state index contributed by atoms with van der Waals surface area (Å²) in [5, 5.41) is 10.7. The fourth-order valence-corrected chi connectivity index (χ4v) is 4.46. The third-order valence-corrected chi connectivity index (χ3v) is 6.41. The van der Waals surface area contributed by atoms with E-state index in [2.05, 4.69) is 4.90 Å². The number of phenolic OH excluding ortho intramolecular Hbond substituents is 1. The molecule has 0 amide bonds. The minimum atomic E-state index is -0.451. The summed E-state index contributed by atoms with van der Waals surface area (Å²) < 4.78 is 17.3. The van der Waals surface area contributed by atoms with Gasteiger partial charge in [0, 0.05) is 6.54 Å². The predicted molar refractivity (Wildman–Crippen MR) is 139 cm³/mol. The number of allylic oxidation sites excluding steroid dienone is 1. The van der Waals surface area contributed by atoms with E-state index in [1.807, 2.05) is 38.1 Å². The number of fused-ring (bicyclic) bond motifs is 1. The van der Waals surface area contributed by atoms with Gasteiger partial charge in [0.05, 0.1) is 24.8 Å². The van der Waals surface area contributed by atoms with Crippen molar-refractivity contribution in [3.05, 3.63) is 59.2 Å². The zero-order valence-electron chi connectivity index (χ0n) is 20.9. The highest BCUT2D eigenvalue weighted by Crippen LogP contribution is 2.38. The lowest BCUT2D eigenvalue weighted by Crippen LogP contribution is -2.31. The van der Waals surface area contributed by atoms with E-state index in [0.29, 0.717) is 29.4 Å². The fraction of sp³-hybridized carbons (Fsp3) is 0.414. The lowest BCUT2D eigenvalue weighted by atomic mass is 9.98. The molecule has 0 aliphatic carbocycles. The van der Waals surface area contributed by atoms with Crippen molar-refractivity contribution in [2.24, 2.45) is 0 Å². The molecule has 6 heteroatoms. The summed E-state index contributed by atoms with van der Waals surface area (Å²) >= 11 is 0. The number of phenols is 1. The van der Waals surface area contributed by atoms with Gasteiger partial charge in [0.25, 0.3) is 0 Å². The van der Waals surface area contributed by atoms with Crippen molar-refractivity contribution in [2.45, 2.75) is 45.1 Å². The molecule has 0 unspecified atom stereocenters. The third kappa shape index (κ3) is 6.25. The average Bonchev–Trinajstić information content (AvgIpc) is 2.85. The van der Waals surface area contributed by atoms with Crippen LogP contribution in [-0.4, -0.2) is 54.7 Å². The van der Waals surface area contributed by atoms with Crippen molar-refractivity contribution in [2.75, 3.05) is 33.4 Å². The Morgan fingerprint density at radius 2 is 1.94 bits per heavy atom. The van der Waals surface area contributed by atoms with E-state index in [1.165, 1.54) is 38.4 Å². The molecular formula is C29H35NO5. The maximum absolute atomic E-state index is 12.8. The molecule has 0 radical (unpaired) electrons. The molecule has 0 atom stereocenters. The number of aromatic hydroxyl groups is 1. The highest BCUT2D eigenvalue weighted by Gasteiger charge is 2.25. The van der Waals surface area contributed by atoms with E-state index < -0.39 is 5.60 Å². The molecule has 2 aromatic rings. The standard InChI is InChI=1S/C29H35NO5/c1-29(2)15-14-23-25(35-29)13-10-22(28(23)32)24(31)11-8-21-9-12-26(27(20-21)33-3)34-19-7-18-30-16-5-4-6-17-30/h8-15,20,32H,4-7,16-19H2,1-3H3/b11-8+. The molecule has 1 N–H and O–H groups in total. The number of methoxy groups -OCH3 is 1. The number of benzene rings is 2. The maximum Gasteiger partial charge on any atom is 0.189 e. The number of hydrogen-bond donors (Lipinski definition) is 1. The molecule has 1 fully saturated rings. The minimum Gasteiger partial charge on any atom is -0.506 e. The number of carbonyl (C=O) groups is 1. The van der Waals surface area contributed by atoms with E-state index in [4.69, 9.17) is 14.2 Å². The Morgan fingerprint density at radius 1 is 1.14 bits per heavy atom. The van der Waals surface area contributed by atoms with E-state index in [0.717, 1.165) is 18.5 Å². The summed E-state index contributed by atoms with van der Waals surface area (Å²) in [7, 11) is 1.61. The van der Waals surface area contributed by atoms with Crippen LogP contribution in [0.3, 0.4) is 0 Å². The zero-order chi connectivity index (χ0) is 24.8. The molecule has 0 saturated carbocycles. The van der Waals surface area contributed by atoms with Gasteiger partial charge in [-0.15, -0.1) is 0 Å². The summed E-state index contributed by atoms with van der Waals surface area (Å²) in [6.45, 7) is 7.94. The van der Waals surface area contributed by atoms with Gasteiger partial charge in [-0.1, -0.05) is 18.6 Å². The van der Waals surface area contributed by atoms with Gasteiger partial charge < -0.3 is 24.2 Å². The first-order valence-electron chi connectivity index (χ1n) is 12.4. The largest absolute Gasteiger partial charge is 0.506 e. The van der Waals surface area contributed by atoms with Crippen LogP contribution in [0.25, 0.3) is 12.2 Å². The average molecular weight is 478 g/mol. The first kappa shape index (κ1) is 24.9. The highest BCUT2D eigenvalue weighted by molar-refractivity contribution is 6.09. The number of piperidine rings is 1. The maximum atomic E-state index is 12.8. The van der Waals surface area contributed by atoms with Crippen LogP contribution < -0.4 is 14.2 Å². The number of rotatable bonds is 9. The van der Waals surface area contributed by atoms with Gasteiger partial charge in [-0.05, 0) is 94.3 Å². The van der Waals surface area contributed by atoms with Crippen molar-refractivity contribution in [1.82, 2.24) is 4.90 Å². The molecule has 2 aliphatic rings. The van der Waals surface area contributed by atoms with Crippen LogP contribution in [0.4, 0.5) is 0 Å². The first-order chi connectivity index (χ1) is 16.9. The second kappa shape index (κ2) is 11.0. The van der Waals surface area contributed by atoms with E-state index in [-0.39, 0.29) is 17.1 Å². The Bertz CT molecular complexity index is 1110. The van der Waals surface area contributed by atoms with Crippen molar-refractivity contribution < 1.29 is 24.1 Å². The van der Waals surface area contributed by atoms with Crippen molar-refractivity contribution in [1.29, 1.82) is 0 Å². The highest BCUT2D eigenvalue weighted by atomic mass is 16.5. The Kier molecular flexibility index (Phi) is 7.81. The van der Waals surface area contributed by atoms with Crippen LogP contribution >= 0.6 is 0 Å².